The van der Waals surface area contributed by atoms with Gasteiger partial charge in [-0.25, -0.2) is 19.0 Å². The summed E-state index contributed by atoms with van der Waals surface area (Å²) in [5.41, 5.74) is 15.1. The Morgan fingerprint density at radius 3 is 1.48 bits per heavy atom. The van der Waals surface area contributed by atoms with E-state index < -0.39 is 11.9 Å². The number of esters is 2. The second-order valence-electron chi connectivity index (χ2n) is 11.7. The summed E-state index contributed by atoms with van der Waals surface area (Å²) in [7, 11) is 4.65. The van der Waals surface area contributed by atoms with Crippen LogP contribution in [0, 0.1) is 0 Å². The van der Waals surface area contributed by atoms with Gasteiger partial charge < -0.3 is 25.7 Å². The number of anilines is 2. The molecule has 54 heavy (non-hydrogen) atoms. The molecule has 0 aliphatic heterocycles. The van der Waals surface area contributed by atoms with E-state index in [9.17, 15) is 9.59 Å². The Morgan fingerprint density at radius 1 is 0.685 bits per heavy atom. The summed E-state index contributed by atoms with van der Waals surface area (Å²) in [6.45, 7) is 7.85. The lowest BCUT2D eigenvalue weighted by Gasteiger charge is -2.08. The monoisotopic (exact) mass is 745 g/mol. The quantitative estimate of drug-likeness (QED) is 0.0960. The Bertz CT molecular complexity index is 2030. The molecule has 0 fully saturated rings. The van der Waals surface area contributed by atoms with Gasteiger partial charge in [0.2, 0.25) is 0 Å². The van der Waals surface area contributed by atoms with Crippen molar-refractivity contribution in [2.75, 3.05) is 31.8 Å². The van der Waals surface area contributed by atoms with Gasteiger partial charge in [0, 0.05) is 14.1 Å². The average molecular weight is 746 g/mol. The van der Waals surface area contributed by atoms with E-state index >= 15 is 0 Å². The highest BCUT2D eigenvalue weighted by molar-refractivity contribution is 5.94. The molecule has 0 atom stereocenters. The highest BCUT2D eigenvalue weighted by Crippen LogP contribution is 2.35. The minimum atomic E-state index is -0.585. The Balaban J connectivity index is 1.59. The van der Waals surface area contributed by atoms with Crippen LogP contribution in [0.2, 0.25) is 0 Å². The summed E-state index contributed by atoms with van der Waals surface area (Å²) in [6.07, 6.45) is 6.99. The fraction of sp³-hybridized carbons (Fsp3) is 0.469. The summed E-state index contributed by atoms with van der Waals surface area (Å²) in [5.74, 6) is -0.753. The summed E-state index contributed by atoms with van der Waals surface area (Å²) in [6, 6.07) is -0.0840. The second kappa shape index (κ2) is 17.3. The number of methoxy groups -OCH3 is 1. The third kappa shape index (κ3) is 8.05. The van der Waals surface area contributed by atoms with Crippen LogP contribution in [0.3, 0.4) is 0 Å². The molecule has 0 bridgehead atoms. The molecule has 5 heterocycles. The van der Waals surface area contributed by atoms with Crippen LogP contribution in [0.1, 0.15) is 85.5 Å². The van der Waals surface area contributed by atoms with Crippen molar-refractivity contribution in [2.24, 2.45) is 34.6 Å². The molecule has 0 aliphatic rings. The minimum absolute atomic E-state index is 0.0246. The molecule has 0 amide bonds. The van der Waals surface area contributed by atoms with Gasteiger partial charge in [0.15, 0.2) is 34.6 Å². The maximum Gasteiger partial charge on any atom is 0.343 e. The first-order valence-corrected chi connectivity index (χ1v) is 17.3. The standard InChI is InChI=1S/C32H43N17O5/c1-8-12-14-20-22(40-42-26-18(16-35-46(26)5)28(50)53-10-3)24(33)48(44-20)30-37-31(39-32(38-30)52-7)49-25(34)23(21(45-49)15-13-9-2)41-43-27-19(17-36-47(27)6)29(51)54-11-4/h16-17H,8-15,33-34H2,1-7H3/b42-40+,43-41+. The first-order valence-electron chi connectivity index (χ1n) is 17.3. The van der Waals surface area contributed by atoms with E-state index in [2.05, 4.69) is 45.6 Å². The van der Waals surface area contributed by atoms with E-state index in [0.717, 1.165) is 25.7 Å². The van der Waals surface area contributed by atoms with E-state index in [0.29, 0.717) is 24.2 Å². The molecule has 0 saturated carbocycles. The van der Waals surface area contributed by atoms with Crippen LogP contribution < -0.4 is 16.2 Å². The van der Waals surface area contributed by atoms with Gasteiger partial charge in [0.05, 0.1) is 44.1 Å². The highest BCUT2D eigenvalue weighted by Gasteiger charge is 2.25. The van der Waals surface area contributed by atoms with Crippen molar-refractivity contribution >= 4 is 46.6 Å². The summed E-state index contributed by atoms with van der Waals surface area (Å²) < 4.78 is 21.1. The van der Waals surface area contributed by atoms with Crippen molar-refractivity contribution in [2.45, 2.75) is 66.2 Å². The highest BCUT2D eigenvalue weighted by atomic mass is 16.5. The Kier molecular flexibility index (Phi) is 12.4. The largest absolute Gasteiger partial charge is 0.467 e. The fourth-order valence-electron chi connectivity index (χ4n) is 5.10. The number of hydrogen-bond acceptors (Lipinski definition) is 18. The molecule has 0 spiro atoms. The number of rotatable bonds is 17. The number of carbonyl (C=O) groups is 2. The Labute approximate surface area is 309 Å². The number of nitrogens with zero attached hydrogens (tertiary/aromatic N) is 15. The van der Waals surface area contributed by atoms with Crippen LogP contribution in [-0.4, -0.2) is 86.3 Å². The van der Waals surface area contributed by atoms with Crippen LogP contribution in [0.5, 0.6) is 6.01 Å². The van der Waals surface area contributed by atoms with Crippen molar-refractivity contribution in [3.8, 4) is 17.9 Å². The molecule has 4 N–H and O–H groups in total. The van der Waals surface area contributed by atoms with E-state index in [1.54, 1.807) is 27.9 Å². The molecule has 5 aromatic rings. The minimum Gasteiger partial charge on any atom is -0.467 e. The second-order valence-corrected chi connectivity index (χ2v) is 11.7. The maximum absolute atomic E-state index is 12.5. The number of aromatic nitrogens is 11. The van der Waals surface area contributed by atoms with Gasteiger partial charge in [-0.3, -0.25) is 0 Å². The van der Waals surface area contributed by atoms with Crippen LogP contribution in [0.4, 0.5) is 34.6 Å². The number of hydrogen-bond donors (Lipinski definition) is 2. The van der Waals surface area contributed by atoms with Crippen LogP contribution in [0.15, 0.2) is 32.9 Å². The normalized spacial score (nSPS) is 11.6. The zero-order valence-corrected chi connectivity index (χ0v) is 31.2. The van der Waals surface area contributed by atoms with Gasteiger partial charge >= 0.3 is 17.9 Å². The van der Waals surface area contributed by atoms with Crippen LogP contribution in [0.25, 0.3) is 11.9 Å². The van der Waals surface area contributed by atoms with E-state index in [4.69, 9.17) is 35.9 Å². The predicted molar refractivity (Wildman–Crippen MR) is 193 cm³/mol. The lowest BCUT2D eigenvalue weighted by Crippen LogP contribution is -2.14. The molecule has 0 unspecified atom stereocenters. The molecule has 286 valence electrons. The third-order valence-electron chi connectivity index (χ3n) is 7.91. The van der Waals surface area contributed by atoms with Gasteiger partial charge in [0.25, 0.3) is 11.9 Å². The van der Waals surface area contributed by atoms with Crippen LogP contribution >= 0.6 is 0 Å². The fourth-order valence-corrected chi connectivity index (χ4v) is 5.10. The van der Waals surface area contributed by atoms with Crippen molar-refractivity contribution in [3.05, 3.63) is 34.9 Å². The first-order chi connectivity index (χ1) is 26.1. The molecular formula is C32H43N17O5. The van der Waals surface area contributed by atoms with E-state index in [1.807, 2.05) is 13.8 Å². The molecule has 22 nitrogen and oxygen atoms in total. The number of azo groups is 2. The number of aryl methyl sites for hydroxylation is 4. The first kappa shape index (κ1) is 38.6. The maximum atomic E-state index is 12.5. The number of ether oxygens (including phenoxy) is 3. The van der Waals surface area contributed by atoms with Crippen LogP contribution in [-0.2, 0) is 36.4 Å². The molecular weight excluding hydrogens is 702 g/mol. The molecule has 0 radical (unpaired) electrons. The third-order valence-corrected chi connectivity index (χ3v) is 7.91. The van der Waals surface area contributed by atoms with E-state index in [-0.39, 0.29) is 76.9 Å². The molecule has 22 heteroatoms. The number of unbranched alkanes of at least 4 members (excludes halogenated alkanes) is 2. The molecule has 0 aromatic carbocycles. The Hall–Kier alpha value is -6.61. The van der Waals surface area contributed by atoms with Gasteiger partial charge in [-0.05, 0) is 39.5 Å². The lowest BCUT2D eigenvalue weighted by molar-refractivity contribution is 0.0517. The molecule has 0 saturated heterocycles. The van der Waals surface area contributed by atoms with Gasteiger partial charge in [-0.15, -0.1) is 20.5 Å². The predicted octanol–water partition coefficient (Wildman–Crippen LogP) is 4.75. The summed E-state index contributed by atoms with van der Waals surface area (Å²) >= 11 is 0. The number of nitrogens with two attached hydrogens (primary N) is 2. The zero-order chi connectivity index (χ0) is 38.9. The molecule has 5 rings (SSSR count). The molecule has 0 aliphatic carbocycles. The van der Waals surface area contributed by atoms with Crippen molar-refractivity contribution in [1.82, 2.24) is 54.1 Å². The van der Waals surface area contributed by atoms with Crippen molar-refractivity contribution < 1.29 is 23.8 Å². The van der Waals surface area contributed by atoms with Crippen molar-refractivity contribution in [1.29, 1.82) is 0 Å². The van der Waals surface area contributed by atoms with E-state index in [1.165, 1.54) is 38.2 Å². The van der Waals surface area contributed by atoms with Crippen molar-refractivity contribution in [3.63, 3.8) is 0 Å². The average Bonchev–Trinajstić information content (AvgIpc) is 3.90. The smallest absolute Gasteiger partial charge is 0.343 e. The SMILES string of the molecule is CCCCc1nn(-c2nc(OC)nc(-n3nc(CCCC)c(/N=N/c4c(C(=O)OCC)cnn4C)c3N)n2)c(N)c1/N=N/c1c(C(=O)OCC)cnn1C. The summed E-state index contributed by atoms with van der Waals surface area (Å²) in [4.78, 5) is 38.5. The van der Waals surface area contributed by atoms with Gasteiger partial charge in [-0.1, -0.05) is 26.7 Å². The van der Waals surface area contributed by atoms with Gasteiger partial charge in [0.1, 0.15) is 11.1 Å². The lowest BCUT2D eigenvalue weighted by atomic mass is 10.2. The van der Waals surface area contributed by atoms with Gasteiger partial charge in [-0.2, -0.15) is 44.7 Å². The summed E-state index contributed by atoms with van der Waals surface area (Å²) in [5, 5.41) is 35.1. The number of carbonyl (C=O) groups excluding carboxylic acids is 2. The topological polar surface area (TPSA) is 273 Å². The zero-order valence-electron chi connectivity index (χ0n) is 31.2. The number of nitrogen functional groups attached to an aromatic ring is 2. The molecule has 5 aromatic heterocycles. The Morgan fingerprint density at radius 2 is 1.11 bits per heavy atom.